The summed E-state index contributed by atoms with van der Waals surface area (Å²) in [7, 11) is 1.65. The third kappa shape index (κ3) is 4.08. The van der Waals surface area contributed by atoms with Crippen molar-refractivity contribution in [2.24, 2.45) is 0 Å². The molecule has 0 spiro atoms. The number of methoxy groups -OCH3 is 1. The highest BCUT2D eigenvalue weighted by Crippen LogP contribution is 2.17. The lowest BCUT2D eigenvalue weighted by Crippen LogP contribution is -2.26. The standard InChI is InChI=1S/C12H20N2O2/c1-9-5-10(13)7-12(6-9)14-11(3-4-15)8-16-2/h5-7,11,14-15H,3-4,8,13H2,1-2H3. The fourth-order valence-corrected chi connectivity index (χ4v) is 1.69. The Bertz CT molecular complexity index is 303. The molecule has 0 fully saturated rings. The van der Waals surface area contributed by atoms with Crippen molar-refractivity contribution in [2.75, 3.05) is 31.4 Å². The van der Waals surface area contributed by atoms with Gasteiger partial charge in [-0.2, -0.15) is 0 Å². The molecule has 4 N–H and O–H groups in total. The molecular weight excluding hydrogens is 204 g/mol. The van der Waals surface area contributed by atoms with Gasteiger partial charge in [0.1, 0.15) is 0 Å². The Hall–Kier alpha value is -1.26. The normalized spacial score (nSPS) is 12.4. The Labute approximate surface area is 96.4 Å². The van der Waals surface area contributed by atoms with Crippen LogP contribution in [-0.2, 0) is 4.74 Å². The maximum Gasteiger partial charge on any atom is 0.0664 e. The third-order valence-electron chi connectivity index (χ3n) is 2.32. The Morgan fingerprint density at radius 2 is 2.19 bits per heavy atom. The van der Waals surface area contributed by atoms with Gasteiger partial charge in [-0.1, -0.05) is 0 Å². The molecule has 0 aliphatic heterocycles. The second kappa shape index (κ2) is 6.35. The van der Waals surface area contributed by atoms with E-state index in [0.717, 1.165) is 16.9 Å². The van der Waals surface area contributed by atoms with Gasteiger partial charge in [-0.3, -0.25) is 0 Å². The van der Waals surface area contributed by atoms with Crippen molar-refractivity contribution in [1.82, 2.24) is 0 Å². The van der Waals surface area contributed by atoms with Crippen LogP contribution in [0.3, 0.4) is 0 Å². The number of hydrogen-bond donors (Lipinski definition) is 3. The summed E-state index contributed by atoms with van der Waals surface area (Å²) >= 11 is 0. The van der Waals surface area contributed by atoms with E-state index < -0.39 is 0 Å². The summed E-state index contributed by atoms with van der Waals surface area (Å²) in [6.45, 7) is 2.70. The third-order valence-corrected chi connectivity index (χ3v) is 2.32. The van der Waals surface area contributed by atoms with Crippen molar-refractivity contribution in [2.45, 2.75) is 19.4 Å². The van der Waals surface area contributed by atoms with Gasteiger partial charge < -0.3 is 20.9 Å². The van der Waals surface area contributed by atoms with Crippen molar-refractivity contribution in [3.05, 3.63) is 23.8 Å². The molecule has 0 radical (unpaired) electrons. The average molecular weight is 224 g/mol. The van der Waals surface area contributed by atoms with Crippen molar-refractivity contribution in [1.29, 1.82) is 0 Å². The van der Waals surface area contributed by atoms with Gasteiger partial charge in [0.25, 0.3) is 0 Å². The molecule has 1 aromatic carbocycles. The number of nitrogens with two attached hydrogens (primary N) is 1. The van der Waals surface area contributed by atoms with E-state index in [1.807, 2.05) is 25.1 Å². The molecule has 90 valence electrons. The van der Waals surface area contributed by atoms with E-state index >= 15 is 0 Å². The van der Waals surface area contributed by atoms with Gasteiger partial charge >= 0.3 is 0 Å². The Morgan fingerprint density at radius 1 is 1.44 bits per heavy atom. The van der Waals surface area contributed by atoms with Crippen LogP contribution in [0.15, 0.2) is 18.2 Å². The molecule has 0 amide bonds. The number of ether oxygens (including phenoxy) is 1. The van der Waals surface area contributed by atoms with Gasteiger partial charge in [0, 0.05) is 25.1 Å². The fourth-order valence-electron chi connectivity index (χ4n) is 1.69. The second-order valence-corrected chi connectivity index (χ2v) is 3.94. The first-order valence-electron chi connectivity index (χ1n) is 5.39. The number of rotatable bonds is 6. The highest BCUT2D eigenvalue weighted by atomic mass is 16.5. The lowest BCUT2D eigenvalue weighted by molar-refractivity contribution is 0.170. The largest absolute Gasteiger partial charge is 0.399 e. The van der Waals surface area contributed by atoms with Crippen molar-refractivity contribution in [3.8, 4) is 0 Å². The van der Waals surface area contributed by atoms with E-state index in [9.17, 15) is 0 Å². The number of nitrogens with one attached hydrogen (secondary N) is 1. The molecule has 1 rings (SSSR count). The summed E-state index contributed by atoms with van der Waals surface area (Å²) < 4.78 is 5.08. The van der Waals surface area contributed by atoms with Gasteiger partial charge in [0.05, 0.1) is 12.6 Å². The summed E-state index contributed by atoms with van der Waals surface area (Å²) in [5, 5.41) is 12.2. The first kappa shape index (κ1) is 12.8. The average Bonchev–Trinajstić information content (AvgIpc) is 2.16. The summed E-state index contributed by atoms with van der Waals surface area (Å²) in [4.78, 5) is 0. The van der Waals surface area contributed by atoms with Crippen LogP contribution >= 0.6 is 0 Å². The van der Waals surface area contributed by atoms with Crippen molar-refractivity contribution >= 4 is 11.4 Å². The Balaban J connectivity index is 2.68. The molecule has 0 heterocycles. The van der Waals surface area contributed by atoms with E-state index in [2.05, 4.69) is 5.32 Å². The molecule has 1 atom stereocenters. The van der Waals surface area contributed by atoms with Gasteiger partial charge in [-0.15, -0.1) is 0 Å². The van der Waals surface area contributed by atoms with E-state index in [0.29, 0.717) is 13.0 Å². The molecule has 0 saturated heterocycles. The van der Waals surface area contributed by atoms with Crippen LogP contribution < -0.4 is 11.1 Å². The lowest BCUT2D eigenvalue weighted by Gasteiger charge is -2.18. The van der Waals surface area contributed by atoms with Crippen molar-refractivity contribution in [3.63, 3.8) is 0 Å². The summed E-state index contributed by atoms with van der Waals surface area (Å²) in [6.07, 6.45) is 0.654. The van der Waals surface area contributed by atoms with Gasteiger partial charge in [-0.05, 0) is 37.1 Å². The fraction of sp³-hybridized carbons (Fsp3) is 0.500. The zero-order chi connectivity index (χ0) is 12.0. The van der Waals surface area contributed by atoms with Crippen LogP contribution in [0.1, 0.15) is 12.0 Å². The van der Waals surface area contributed by atoms with Gasteiger partial charge in [0.2, 0.25) is 0 Å². The van der Waals surface area contributed by atoms with Crippen LogP contribution in [0.2, 0.25) is 0 Å². The summed E-state index contributed by atoms with van der Waals surface area (Å²) in [6, 6.07) is 5.93. The zero-order valence-electron chi connectivity index (χ0n) is 9.86. The number of aliphatic hydroxyl groups is 1. The minimum absolute atomic E-state index is 0.108. The Morgan fingerprint density at radius 3 is 2.75 bits per heavy atom. The number of aliphatic hydroxyl groups excluding tert-OH is 1. The molecule has 1 aromatic rings. The topological polar surface area (TPSA) is 67.5 Å². The maximum absolute atomic E-state index is 8.93. The molecule has 1 unspecified atom stereocenters. The Kier molecular flexibility index (Phi) is 5.08. The van der Waals surface area contributed by atoms with Crippen LogP contribution in [0.25, 0.3) is 0 Å². The highest BCUT2D eigenvalue weighted by Gasteiger charge is 2.07. The van der Waals surface area contributed by atoms with E-state index in [4.69, 9.17) is 15.6 Å². The predicted octanol–water partition coefficient (Wildman–Crippen LogP) is 1.39. The number of aryl methyl sites for hydroxylation is 1. The van der Waals surface area contributed by atoms with Crippen LogP contribution in [0.5, 0.6) is 0 Å². The van der Waals surface area contributed by atoms with Crippen LogP contribution in [-0.4, -0.2) is 31.5 Å². The number of anilines is 2. The molecule has 4 nitrogen and oxygen atoms in total. The number of hydrogen-bond acceptors (Lipinski definition) is 4. The molecule has 0 aliphatic carbocycles. The lowest BCUT2D eigenvalue weighted by atomic mass is 10.1. The number of benzene rings is 1. The molecule has 0 aromatic heterocycles. The minimum Gasteiger partial charge on any atom is -0.399 e. The molecular formula is C12H20N2O2. The van der Waals surface area contributed by atoms with Gasteiger partial charge in [0.15, 0.2) is 0 Å². The van der Waals surface area contributed by atoms with E-state index in [1.54, 1.807) is 7.11 Å². The molecule has 0 bridgehead atoms. The quantitative estimate of drug-likeness (QED) is 0.639. The maximum atomic E-state index is 8.93. The first-order chi connectivity index (χ1) is 7.65. The molecule has 0 aliphatic rings. The van der Waals surface area contributed by atoms with Crippen LogP contribution in [0, 0.1) is 6.92 Å². The minimum atomic E-state index is 0.108. The number of nitrogen functional groups attached to an aromatic ring is 1. The zero-order valence-corrected chi connectivity index (χ0v) is 9.86. The predicted molar refractivity (Wildman–Crippen MR) is 66.6 cm³/mol. The molecule has 0 saturated carbocycles. The summed E-state index contributed by atoms with van der Waals surface area (Å²) in [5.74, 6) is 0. The SMILES string of the molecule is COCC(CCO)Nc1cc(C)cc(N)c1. The van der Waals surface area contributed by atoms with Gasteiger partial charge in [-0.25, -0.2) is 0 Å². The molecule has 4 heteroatoms. The first-order valence-corrected chi connectivity index (χ1v) is 5.39. The summed E-state index contributed by atoms with van der Waals surface area (Å²) in [5.41, 5.74) is 8.58. The van der Waals surface area contributed by atoms with Crippen LogP contribution in [0.4, 0.5) is 11.4 Å². The van der Waals surface area contributed by atoms with Crippen molar-refractivity contribution < 1.29 is 9.84 Å². The highest BCUT2D eigenvalue weighted by molar-refractivity contribution is 5.57. The monoisotopic (exact) mass is 224 g/mol. The smallest absolute Gasteiger partial charge is 0.0664 e. The molecule has 16 heavy (non-hydrogen) atoms. The van der Waals surface area contributed by atoms with E-state index in [-0.39, 0.29) is 12.6 Å². The van der Waals surface area contributed by atoms with E-state index in [1.165, 1.54) is 0 Å². The second-order valence-electron chi connectivity index (χ2n) is 3.94.